The molecule has 1 amide bonds. The van der Waals surface area contributed by atoms with Crippen molar-refractivity contribution in [2.24, 2.45) is 11.8 Å². The van der Waals surface area contributed by atoms with E-state index in [0.717, 1.165) is 6.42 Å². The molecule has 136 valence electrons. The van der Waals surface area contributed by atoms with Gasteiger partial charge in [-0.15, -0.1) is 0 Å². The number of amides is 1. The van der Waals surface area contributed by atoms with E-state index in [-0.39, 0.29) is 35.0 Å². The Kier molecular flexibility index (Phi) is 4.13. The van der Waals surface area contributed by atoms with Gasteiger partial charge < -0.3 is 9.88 Å². The molecule has 1 saturated heterocycles. The highest BCUT2D eigenvalue weighted by molar-refractivity contribution is 5.82. The van der Waals surface area contributed by atoms with Crippen molar-refractivity contribution >= 4 is 5.91 Å². The largest absolute Gasteiger partial charge is 0.341 e. The van der Waals surface area contributed by atoms with Crippen molar-refractivity contribution in [1.82, 2.24) is 14.9 Å². The lowest BCUT2D eigenvalue weighted by atomic mass is 9.86. The van der Waals surface area contributed by atoms with Gasteiger partial charge in [0.15, 0.2) is 0 Å². The van der Waals surface area contributed by atoms with Gasteiger partial charge in [-0.05, 0) is 30.9 Å². The second-order valence-corrected chi connectivity index (χ2v) is 7.55. The Morgan fingerprint density at radius 3 is 2.62 bits per heavy atom. The van der Waals surface area contributed by atoms with Crippen molar-refractivity contribution in [3.63, 3.8) is 0 Å². The summed E-state index contributed by atoms with van der Waals surface area (Å²) < 4.78 is 14.5. The van der Waals surface area contributed by atoms with Gasteiger partial charge in [-0.25, -0.2) is 9.37 Å². The Hall–Kier alpha value is -2.50. The molecule has 6 heteroatoms. The number of carbonyl (C=O) groups is 1. The number of aromatic amines is 1. The molecule has 2 fully saturated rings. The summed E-state index contributed by atoms with van der Waals surface area (Å²) in [5.41, 5.74) is 0.982. The van der Waals surface area contributed by atoms with Crippen LogP contribution in [0.5, 0.6) is 0 Å². The third-order valence-corrected chi connectivity index (χ3v) is 5.62. The number of aryl methyl sites for hydroxylation is 1. The van der Waals surface area contributed by atoms with Crippen molar-refractivity contribution in [2.75, 3.05) is 13.1 Å². The molecule has 1 aliphatic heterocycles. The maximum absolute atomic E-state index is 14.5. The standard InChI is InChI=1S/C20H22FN3O2/c1-11-7-14(11)20(26)24-9-15(13-5-3-4-6-17(13)21)16(10-24)18-8-19(25)23-12(2)22-18/h3-6,8,11,14-16H,7,9-10H2,1-2H3,(H,22,23,25)/t11-,14-,15+,16-/m1/s1. The minimum atomic E-state index is -0.279. The second kappa shape index (κ2) is 6.34. The van der Waals surface area contributed by atoms with Crippen LogP contribution in [-0.2, 0) is 4.79 Å². The molecule has 1 aliphatic carbocycles. The van der Waals surface area contributed by atoms with Gasteiger partial charge in [0.1, 0.15) is 11.6 Å². The number of aromatic nitrogens is 2. The van der Waals surface area contributed by atoms with Crippen LogP contribution in [0.1, 0.15) is 42.3 Å². The van der Waals surface area contributed by atoms with Crippen LogP contribution < -0.4 is 5.56 Å². The molecule has 0 bridgehead atoms. The van der Waals surface area contributed by atoms with Crippen LogP contribution in [0.25, 0.3) is 0 Å². The average Bonchev–Trinajstić information content (AvgIpc) is 3.16. The number of H-pyrrole nitrogens is 1. The van der Waals surface area contributed by atoms with Gasteiger partial charge in [-0.3, -0.25) is 9.59 Å². The minimum absolute atomic E-state index is 0.0869. The lowest BCUT2D eigenvalue weighted by Crippen LogP contribution is -2.30. The Labute approximate surface area is 151 Å². The fraction of sp³-hybridized carbons (Fsp3) is 0.450. The number of hydrogen-bond acceptors (Lipinski definition) is 3. The average molecular weight is 355 g/mol. The summed E-state index contributed by atoms with van der Waals surface area (Å²) in [5.74, 6) is 0.507. The SMILES string of the molecule is Cc1nc([C@@H]2CN(C(=O)[C@@H]3C[C@H]3C)C[C@H]2c2ccccc2F)cc(=O)[nH]1. The zero-order valence-corrected chi connectivity index (χ0v) is 14.9. The number of hydrogen-bond donors (Lipinski definition) is 1. The van der Waals surface area contributed by atoms with Crippen LogP contribution in [0.3, 0.4) is 0 Å². The molecule has 1 aromatic heterocycles. The van der Waals surface area contributed by atoms with Crippen LogP contribution >= 0.6 is 0 Å². The fourth-order valence-corrected chi connectivity index (χ4v) is 4.07. The number of likely N-dealkylation sites (tertiary alicyclic amines) is 1. The quantitative estimate of drug-likeness (QED) is 0.920. The van der Waals surface area contributed by atoms with E-state index >= 15 is 0 Å². The Morgan fingerprint density at radius 2 is 1.96 bits per heavy atom. The van der Waals surface area contributed by atoms with Crippen LogP contribution in [-0.4, -0.2) is 33.9 Å². The van der Waals surface area contributed by atoms with E-state index in [9.17, 15) is 14.0 Å². The number of nitrogens with zero attached hydrogens (tertiary/aromatic N) is 2. The van der Waals surface area contributed by atoms with Crippen molar-refractivity contribution in [1.29, 1.82) is 0 Å². The molecule has 5 nitrogen and oxygen atoms in total. The lowest BCUT2D eigenvalue weighted by molar-refractivity contribution is -0.131. The molecule has 0 unspecified atom stereocenters. The first-order chi connectivity index (χ1) is 12.4. The number of nitrogens with one attached hydrogen (secondary N) is 1. The van der Waals surface area contributed by atoms with E-state index in [2.05, 4.69) is 16.9 Å². The molecule has 4 atom stereocenters. The Bertz CT molecular complexity index is 910. The van der Waals surface area contributed by atoms with Gasteiger partial charge in [-0.2, -0.15) is 0 Å². The van der Waals surface area contributed by atoms with Gasteiger partial charge >= 0.3 is 0 Å². The summed E-state index contributed by atoms with van der Waals surface area (Å²) in [4.78, 5) is 33.6. The fourth-order valence-electron chi connectivity index (χ4n) is 4.07. The van der Waals surface area contributed by atoms with Gasteiger partial charge in [0, 0.05) is 36.9 Å². The molecule has 0 radical (unpaired) electrons. The minimum Gasteiger partial charge on any atom is -0.341 e. The highest BCUT2D eigenvalue weighted by atomic mass is 19.1. The molecule has 4 rings (SSSR count). The van der Waals surface area contributed by atoms with Gasteiger partial charge in [0.2, 0.25) is 5.91 Å². The summed E-state index contributed by atoms with van der Waals surface area (Å²) in [6.45, 7) is 4.73. The zero-order valence-electron chi connectivity index (χ0n) is 14.9. The topological polar surface area (TPSA) is 66.1 Å². The predicted molar refractivity (Wildman–Crippen MR) is 95.3 cm³/mol. The summed E-state index contributed by atoms with van der Waals surface area (Å²) in [6.07, 6.45) is 0.923. The summed E-state index contributed by atoms with van der Waals surface area (Å²) in [6, 6.07) is 8.14. The molecule has 2 aliphatic rings. The van der Waals surface area contributed by atoms with E-state index in [1.807, 2.05) is 4.90 Å². The third kappa shape index (κ3) is 3.04. The predicted octanol–water partition coefficient (Wildman–Crippen LogP) is 2.58. The van der Waals surface area contributed by atoms with Crippen molar-refractivity contribution < 1.29 is 9.18 Å². The van der Waals surface area contributed by atoms with Gasteiger partial charge in [-0.1, -0.05) is 25.1 Å². The molecule has 1 aromatic carbocycles. The van der Waals surface area contributed by atoms with E-state index in [1.165, 1.54) is 12.1 Å². The Morgan fingerprint density at radius 1 is 1.27 bits per heavy atom. The second-order valence-electron chi connectivity index (χ2n) is 7.55. The monoisotopic (exact) mass is 355 g/mol. The normalized spacial score (nSPS) is 27.6. The zero-order chi connectivity index (χ0) is 18.4. The highest BCUT2D eigenvalue weighted by Crippen LogP contribution is 2.44. The molecule has 2 aromatic rings. The van der Waals surface area contributed by atoms with Gasteiger partial charge in [0.25, 0.3) is 5.56 Å². The van der Waals surface area contributed by atoms with Crippen molar-refractivity contribution in [3.05, 3.63) is 63.6 Å². The van der Waals surface area contributed by atoms with E-state index in [4.69, 9.17) is 0 Å². The first-order valence-corrected chi connectivity index (χ1v) is 9.05. The van der Waals surface area contributed by atoms with Crippen LogP contribution in [0, 0.1) is 24.6 Å². The van der Waals surface area contributed by atoms with Crippen LogP contribution in [0.4, 0.5) is 4.39 Å². The maximum atomic E-state index is 14.5. The third-order valence-electron chi connectivity index (χ3n) is 5.62. The van der Waals surface area contributed by atoms with E-state index in [0.29, 0.717) is 36.1 Å². The number of benzene rings is 1. The lowest BCUT2D eigenvalue weighted by Gasteiger charge is -2.18. The molecule has 2 heterocycles. The summed E-state index contributed by atoms with van der Waals surface area (Å²) in [7, 11) is 0. The van der Waals surface area contributed by atoms with Crippen molar-refractivity contribution in [2.45, 2.75) is 32.1 Å². The summed E-state index contributed by atoms with van der Waals surface area (Å²) >= 11 is 0. The van der Waals surface area contributed by atoms with E-state index in [1.54, 1.807) is 25.1 Å². The van der Waals surface area contributed by atoms with Crippen LogP contribution in [0.15, 0.2) is 35.1 Å². The molecular formula is C20H22FN3O2. The molecular weight excluding hydrogens is 333 g/mol. The van der Waals surface area contributed by atoms with Crippen molar-refractivity contribution in [3.8, 4) is 0 Å². The maximum Gasteiger partial charge on any atom is 0.251 e. The molecule has 1 N–H and O–H groups in total. The molecule has 1 saturated carbocycles. The van der Waals surface area contributed by atoms with Gasteiger partial charge in [0.05, 0.1) is 5.69 Å². The number of halogens is 1. The van der Waals surface area contributed by atoms with E-state index < -0.39 is 0 Å². The molecule has 0 spiro atoms. The number of carbonyl (C=O) groups excluding carboxylic acids is 1. The molecule has 26 heavy (non-hydrogen) atoms. The smallest absolute Gasteiger partial charge is 0.251 e. The Balaban J connectivity index is 1.71. The number of rotatable bonds is 3. The first-order valence-electron chi connectivity index (χ1n) is 9.05. The van der Waals surface area contributed by atoms with Crippen LogP contribution in [0.2, 0.25) is 0 Å². The highest BCUT2D eigenvalue weighted by Gasteiger charge is 2.46. The first kappa shape index (κ1) is 16.9. The summed E-state index contributed by atoms with van der Waals surface area (Å²) in [5, 5.41) is 0.